The summed E-state index contributed by atoms with van der Waals surface area (Å²) in [6, 6.07) is 9.53. The van der Waals surface area contributed by atoms with Crippen LogP contribution in [0.4, 0.5) is 0 Å². The SMILES string of the molecule is CC(=O)O[C@@H]1C=C[C@@](C)(O)C(=O)[C@@H](C)CC=C[C@H]2[C@H](O)[C@]3(CO3)[C@@H](C)[C@H]3[C@H](Cc4ccccc4)NC(=O)[C@@]312. The predicted molar refractivity (Wildman–Crippen MR) is 139 cm³/mol. The van der Waals surface area contributed by atoms with Gasteiger partial charge in [0.05, 0.1) is 12.7 Å². The first kappa shape index (κ1) is 26.8. The van der Waals surface area contributed by atoms with Gasteiger partial charge in [0.2, 0.25) is 5.91 Å². The third-order valence-corrected chi connectivity index (χ3v) is 9.31. The first-order valence-corrected chi connectivity index (χ1v) is 13.4. The van der Waals surface area contributed by atoms with Gasteiger partial charge >= 0.3 is 5.97 Å². The lowest BCUT2D eigenvalue weighted by atomic mass is 9.49. The quantitative estimate of drug-likeness (QED) is 0.315. The molecule has 8 heteroatoms. The lowest BCUT2D eigenvalue weighted by Gasteiger charge is -2.53. The van der Waals surface area contributed by atoms with Crippen molar-refractivity contribution in [1.29, 1.82) is 0 Å². The Morgan fingerprint density at radius 3 is 2.50 bits per heavy atom. The van der Waals surface area contributed by atoms with E-state index >= 15 is 0 Å². The molecule has 2 aliphatic heterocycles. The molecule has 3 N–H and O–H groups in total. The van der Waals surface area contributed by atoms with E-state index in [4.69, 9.17) is 9.47 Å². The summed E-state index contributed by atoms with van der Waals surface area (Å²) in [4.78, 5) is 39.7. The van der Waals surface area contributed by atoms with Crippen LogP contribution in [-0.2, 0) is 30.3 Å². The number of hydrogen-bond acceptors (Lipinski definition) is 7. The number of ketones is 1. The van der Waals surface area contributed by atoms with Crippen molar-refractivity contribution < 1.29 is 34.1 Å². The normalized spacial score (nSPS) is 44.1. The Kier molecular flexibility index (Phi) is 6.65. The first-order chi connectivity index (χ1) is 17.9. The molecule has 1 saturated carbocycles. The standard InChI is InChI=1S/C30H37NO7/c1-17-9-8-12-21-26(34)29(16-37-29)18(2)24-22(15-20-10-6-5-7-11-20)31-27(35)30(21,24)23(38-19(3)32)13-14-28(4,36)25(17)33/h5-8,10-14,17-18,21-24,26,34,36H,9,15-16H2,1-4H3,(H,31,35)/t17-,18-,21-,22-,23+,24-,26-,28+,29-,30+/m0/s1. The molecule has 1 amide bonds. The van der Waals surface area contributed by atoms with Gasteiger partial charge in [-0.25, -0.2) is 0 Å². The highest BCUT2D eigenvalue weighted by Gasteiger charge is 2.76. The molecule has 10 atom stereocenters. The van der Waals surface area contributed by atoms with Crippen molar-refractivity contribution >= 4 is 17.7 Å². The summed E-state index contributed by atoms with van der Waals surface area (Å²) in [7, 11) is 0. The number of nitrogens with one attached hydrogen (secondary N) is 1. The van der Waals surface area contributed by atoms with Gasteiger partial charge in [-0.05, 0) is 43.4 Å². The highest BCUT2D eigenvalue weighted by Crippen LogP contribution is 2.63. The van der Waals surface area contributed by atoms with E-state index in [0.717, 1.165) is 5.56 Å². The second-order valence-electron chi connectivity index (χ2n) is 11.7. The van der Waals surface area contributed by atoms with Gasteiger partial charge in [0.1, 0.15) is 22.7 Å². The summed E-state index contributed by atoms with van der Waals surface area (Å²) in [5.41, 5.74) is -2.98. The number of esters is 1. The number of benzene rings is 1. The predicted octanol–water partition coefficient (Wildman–Crippen LogP) is 2.13. The van der Waals surface area contributed by atoms with E-state index in [-0.39, 0.29) is 29.6 Å². The molecule has 2 aliphatic carbocycles. The Labute approximate surface area is 223 Å². The molecule has 8 nitrogen and oxygen atoms in total. The van der Waals surface area contributed by atoms with E-state index in [1.165, 1.54) is 26.0 Å². The molecule has 2 saturated heterocycles. The Bertz CT molecular complexity index is 1170. The number of rotatable bonds is 3. The Hall–Kier alpha value is -2.81. The summed E-state index contributed by atoms with van der Waals surface area (Å²) < 4.78 is 11.8. The molecule has 38 heavy (non-hydrogen) atoms. The van der Waals surface area contributed by atoms with Crippen molar-refractivity contribution in [3.8, 4) is 0 Å². The molecule has 2 spiro atoms. The number of Topliss-reactive ketones (excluding diaryl/α,β-unsaturated/α-hetero) is 1. The van der Waals surface area contributed by atoms with Crippen LogP contribution in [0.1, 0.15) is 39.7 Å². The molecule has 0 bridgehead atoms. The summed E-state index contributed by atoms with van der Waals surface area (Å²) in [5, 5.41) is 26.0. The lowest BCUT2D eigenvalue weighted by molar-refractivity contribution is -0.180. The van der Waals surface area contributed by atoms with E-state index in [1.807, 2.05) is 37.3 Å². The molecular formula is C30H37NO7. The molecule has 204 valence electrons. The molecular weight excluding hydrogens is 486 g/mol. The van der Waals surface area contributed by atoms with Gasteiger partial charge in [-0.1, -0.05) is 56.3 Å². The first-order valence-electron chi connectivity index (χ1n) is 13.4. The third-order valence-electron chi connectivity index (χ3n) is 9.31. The molecule has 3 fully saturated rings. The highest BCUT2D eigenvalue weighted by molar-refractivity contribution is 5.91. The fourth-order valence-electron chi connectivity index (χ4n) is 7.34. The second kappa shape index (κ2) is 9.43. The van der Waals surface area contributed by atoms with Crippen LogP contribution < -0.4 is 5.32 Å². The number of carbonyl (C=O) groups is 3. The maximum atomic E-state index is 14.3. The van der Waals surface area contributed by atoms with Gasteiger partial charge < -0.3 is 25.0 Å². The molecule has 1 aromatic rings. The topological polar surface area (TPSA) is 125 Å². The summed E-state index contributed by atoms with van der Waals surface area (Å²) >= 11 is 0. The Morgan fingerprint density at radius 2 is 1.87 bits per heavy atom. The van der Waals surface area contributed by atoms with Crippen LogP contribution in [-0.4, -0.2) is 63.9 Å². The minimum atomic E-state index is -1.82. The third kappa shape index (κ3) is 4.05. The van der Waals surface area contributed by atoms with Gasteiger partial charge in [-0.15, -0.1) is 0 Å². The zero-order chi connectivity index (χ0) is 27.5. The average molecular weight is 524 g/mol. The van der Waals surface area contributed by atoms with E-state index < -0.39 is 46.6 Å². The van der Waals surface area contributed by atoms with Crippen LogP contribution >= 0.6 is 0 Å². The lowest BCUT2D eigenvalue weighted by Crippen LogP contribution is -2.65. The summed E-state index contributed by atoms with van der Waals surface area (Å²) in [5.74, 6) is -3.21. The molecule has 0 aromatic heterocycles. The molecule has 1 aromatic carbocycles. The zero-order valence-corrected chi connectivity index (χ0v) is 22.3. The van der Waals surface area contributed by atoms with E-state index in [0.29, 0.717) is 19.4 Å². The van der Waals surface area contributed by atoms with Gasteiger partial charge in [0, 0.05) is 30.7 Å². The fourth-order valence-corrected chi connectivity index (χ4v) is 7.34. The number of aliphatic hydroxyl groups excluding tert-OH is 1. The van der Waals surface area contributed by atoms with Crippen molar-refractivity contribution in [1.82, 2.24) is 5.32 Å². The van der Waals surface area contributed by atoms with Crippen LogP contribution in [0, 0.1) is 29.1 Å². The van der Waals surface area contributed by atoms with Crippen molar-refractivity contribution in [2.24, 2.45) is 29.1 Å². The molecule has 0 unspecified atom stereocenters. The molecule has 4 aliphatic rings. The second-order valence-corrected chi connectivity index (χ2v) is 11.7. The van der Waals surface area contributed by atoms with Crippen LogP contribution in [0.2, 0.25) is 0 Å². The maximum absolute atomic E-state index is 14.3. The fraction of sp³-hybridized carbons (Fsp3) is 0.567. The van der Waals surface area contributed by atoms with Crippen LogP contribution in [0.3, 0.4) is 0 Å². The molecule has 0 radical (unpaired) electrons. The Morgan fingerprint density at radius 1 is 1.18 bits per heavy atom. The highest BCUT2D eigenvalue weighted by atomic mass is 16.6. The van der Waals surface area contributed by atoms with Gasteiger partial charge in [-0.3, -0.25) is 14.4 Å². The minimum Gasteiger partial charge on any atom is -0.457 e. The van der Waals surface area contributed by atoms with Crippen LogP contribution in [0.5, 0.6) is 0 Å². The van der Waals surface area contributed by atoms with Crippen molar-refractivity contribution in [3.63, 3.8) is 0 Å². The molecule has 5 rings (SSSR count). The maximum Gasteiger partial charge on any atom is 0.303 e. The summed E-state index contributed by atoms with van der Waals surface area (Å²) in [6.07, 6.45) is 5.10. The van der Waals surface area contributed by atoms with Gasteiger partial charge in [0.15, 0.2) is 5.78 Å². The number of carbonyl (C=O) groups excluding carboxylic acids is 3. The van der Waals surface area contributed by atoms with Crippen molar-refractivity contribution in [2.45, 2.75) is 70.0 Å². The van der Waals surface area contributed by atoms with E-state index in [2.05, 4.69) is 5.32 Å². The smallest absolute Gasteiger partial charge is 0.303 e. The van der Waals surface area contributed by atoms with E-state index in [9.17, 15) is 24.6 Å². The van der Waals surface area contributed by atoms with Gasteiger partial charge in [0.25, 0.3) is 0 Å². The number of ether oxygens (including phenoxy) is 2. The molecule has 2 heterocycles. The number of allylic oxidation sites excluding steroid dienone is 1. The van der Waals surface area contributed by atoms with Crippen LogP contribution in [0.25, 0.3) is 0 Å². The number of aliphatic hydroxyl groups is 2. The average Bonchev–Trinajstić information content (AvgIpc) is 3.62. The monoisotopic (exact) mass is 523 g/mol. The summed E-state index contributed by atoms with van der Waals surface area (Å²) in [6.45, 7) is 6.76. The van der Waals surface area contributed by atoms with Gasteiger partial charge in [-0.2, -0.15) is 0 Å². The Balaban J connectivity index is 1.72. The van der Waals surface area contributed by atoms with Crippen molar-refractivity contribution in [3.05, 3.63) is 60.2 Å². The number of epoxide rings is 1. The zero-order valence-electron chi connectivity index (χ0n) is 22.3. The van der Waals surface area contributed by atoms with Crippen molar-refractivity contribution in [2.75, 3.05) is 6.61 Å². The van der Waals surface area contributed by atoms with E-state index in [1.54, 1.807) is 19.1 Å². The largest absolute Gasteiger partial charge is 0.457 e. The van der Waals surface area contributed by atoms with Crippen LogP contribution in [0.15, 0.2) is 54.6 Å². The number of amides is 1. The number of hydrogen-bond donors (Lipinski definition) is 3. The minimum absolute atomic E-state index is 0.257.